The maximum absolute atomic E-state index is 12.2. The van der Waals surface area contributed by atoms with Gasteiger partial charge in [-0.3, -0.25) is 0 Å². The first-order valence-corrected chi connectivity index (χ1v) is 11.1. The number of para-hydroxylation sites is 1. The van der Waals surface area contributed by atoms with Crippen molar-refractivity contribution in [2.24, 2.45) is 0 Å². The van der Waals surface area contributed by atoms with Crippen LogP contribution < -0.4 is 0 Å². The molecule has 31 heavy (non-hydrogen) atoms. The Labute approximate surface area is 182 Å². The Morgan fingerprint density at radius 1 is 1.10 bits per heavy atom. The van der Waals surface area contributed by atoms with Gasteiger partial charge in [-0.15, -0.1) is 0 Å². The topological polar surface area (TPSA) is 81.5 Å². The minimum Gasteiger partial charge on any atom is -0.458 e. The second kappa shape index (κ2) is 9.28. The number of esters is 1. The Balaban J connectivity index is 1.69. The number of rotatable bonds is 7. The number of carbonyl (C=O) groups is 1. The lowest BCUT2D eigenvalue weighted by Gasteiger charge is -2.12. The fraction of sp³-hybridized carbons (Fsp3) is 0.217. The van der Waals surface area contributed by atoms with E-state index in [1.54, 1.807) is 18.2 Å². The summed E-state index contributed by atoms with van der Waals surface area (Å²) in [6.45, 7) is 3.80. The van der Waals surface area contributed by atoms with Crippen molar-refractivity contribution in [1.82, 2.24) is 14.1 Å². The summed E-state index contributed by atoms with van der Waals surface area (Å²) in [5.74, 6) is -0.521. The number of hydrogen-bond donors (Lipinski definition) is 0. The van der Waals surface area contributed by atoms with E-state index in [1.165, 1.54) is 32.3 Å². The molecule has 3 rings (SSSR count). The first kappa shape index (κ1) is 22.5. The van der Waals surface area contributed by atoms with Gasteiger partial charge in [0, 0.05) is 31.4 Å². The van der Waals surface area contributed by atoms with E-state index in [1.807, 2.05) is 48.9 Å². The number of aryl methyl sites for hydroxylation is 1. The van der Waals surface area contributed by atoms with Gasteiger partial charge in [-0.05, 0) is 49.8 Å². The van der Waals surface area contributed by atoms with Crippen LogP contribution in [0.3, 0.4) is 0 Å². The van der Waals surface area contributed by atoms with Gasteiger partial charge < -0.3 is 4.74 Å². The summed E-state index contributed by atoms with van der Waals surface area (Å²) in [6.07, 6.45) is 3.04. The Hall–Kier alpha value is -3.23. The number of carbonyl (C=O) groups excluding carboxylic acids is 1. The van der Waals surface area contributed by atoms with Crippen molar-refractivity contribution >= 4 is 22.1 Å². The molecular formula is C23H25N3O4S. The van der Waals surface area contributed by atoms with E-state index >= 15 is 0 Å². The monoisotopic (exact) mass is 439 g/mol. The molecule has 0 atom stereocenters. The van der Waals surface area contributed by atoms with Crippen LogP contribution in [0.1, 0.15) is 22.5 Å². The van der Waals surface area contributed by atoms with Crippen molar-refractivity contribution in [2.45, 2.75) is 25.3 Å². The summed E-state index contributed by atoms with van der Waals surface area (Å²) >= 11 is 0. The maximum Gasteiger partial charge on any atom is 0.331 e. The zero-order chi connectivity index (χ0) is 22.6. The van der Waals surface area contributed by atoms with Gasteiger partial charge in [0.2, 0.25) is 10.0 Å². The summed E-state index contributed by atoms with van der Waals surface area (Å²) in [6, 6.07) is 16.1. The molecule has 7 nitrogen and oxygen atoms in total. The number of nitrogens with zero attached hydrogens (tertiary/aromatic N) is 3. The highest BCUT2D eigenvalue weighted by molar-refractivity contribution is 7.89. The van der Waals surface area contributed by atoms with E-state index in [0.717, 1.165) is 26.9 Å². The first-order valence-electron chi connectivity index (χ1n) is 9.68. The third-order valence-corrected chi connectivity index (χ3v) is 6.60. The van der Waals surface area contributed by atoms with Crippen molar-refractivity contribution in [2.75, 3.05) is 14.1 Å². The Morgan fingerprint density at radius 3 is 2.48 bits per heavy atom. The van der Waals surface area contributed by atoms with Crippen LogP contribution in [-0.2, 0) is 26.2 Å². The van der Waals surface area contributed by atoms with Gasteiger partial charge in [0.15, 0.2) is 0 Å². The van der Waals surface area contributed by atoms with Crippen molar-refractivity contribution in [1.29, 1.82) is 0 Å². The molecule has 8 heteroatoms. The molecule has 1 aromatic heterocycles. The zero-order valence-corrected chi connectivity index (χ0v) is 18.8. The van der Waals surface area contributed by atoms with Gasteiger partial charge in [0.25, 0.3) is 0 Å². The molecule has 0 radical (unpaired) electrons. The number of aromatic nitrogens is 2. The Kier molecular flexibility index (Phi) is 6.72. The largest absolute Gasteiger partial charge is 0.458 e. The maximum atomic E-state index is 12.2. The van der Waals surface area contributed by atoms with Crippen LogP contribution in [0.5, 0.6) is 0 Å². The molecule has 162 valence electrons. The summed E-state index contributed by atoms with van der Waals surface area (Å²) < 4.78 is 32.8. The molecule has 0 aliphatic carbocycles. The summed E-state index contributed by atoms with van der Waals surface area (Å²) in [4.78, 5) is 12.4. The second-order valence-corrected chi connectivity index (χ2v) is 9.36. The fourth-order valence-corrected chi connectivity index (χ4v) is 4.05. The van der Waals surface area contributed by atoms with Crippen molar-refractivity contribution in [3.8, 4) is 5.69 Å². The number of hydrogen-bond acceptors (Lipinski definition) is 5. The van der Waals surface area contributed by atoms with Crippen LogP contribution in [-0.4, -0.2) is 42.6 Å². The molecule has 0 spiro atoms. The highest BCUT2D eigenvalue weighted by Crippen LogP contribution is 2.19. The van der Waals surface area contributed by atoms with Crippen LogP contribution in [0, 0.1) is 13.8 Å². The van der Waals surface area contributed by atoms with Crippen LogP contribution in [0.25, 0.3) is 11.8 Å². The van der Waals surface area contributed by atoms with Gasteiger partial charge in [-0.2, -0.15) is 5.10 Å². The molecule has 0 aliphatic rings. The highest BCUT2D eigenvalue weighted by atomic mass is 32.2. The number of ether oxygens (including phenoxy) is 1. The van der Waals surface area contributed by atoms with E-state index in [4.69, 9.17) is 4.74 Å². The molecule has 0 aliphatic heterocycles. The predicted molar refractivity (Wildman–Crippen MR) is 119 cm³/mol. The van der Waals surface area contributed by atoms with E-state index < -0.39 is 16.0 Å². The molecular weight excluding hydrogens is 414 g/mol. The third kappa shape index (κ3) is 5.10. The van der Waals surface area contributed by atoms with E-state index in [0.29, 0.717) is 5.56 Å². The van der Waals surface area contributed by atoms with E-state index in [2.05, 4.69) is 5.10 Å². The normalized spacial score (nSPS) is 11.9. The Bertz CT molecular complexity index is 1210. The SMILES string of the molecule is Cc1nn(-c2ccccc2)c(C)c1C=CC(=O)OCc1cccc(S(=O)(=O)N(C)C)c1. The Morgan fingerprint density at radius 2 is 1.81 bits per heavy atom. The average molecular weight is 440 g/mol. The predicted octanol–water partition coefficient (Wildman–Crippen LogP) is 3.50. The molecule has 3 aromatic rings. The van der Waals surface area contributed by atoms with Crippen molar-refractivity contribution in [3.63, 3.8) is 0 Å². The van der Waals surface area contributed by atoms with Crippen LogP contribution in [0.2, 0.25) is 0 Å². The highest BCUT2D eigenvalue weighted by Gasteiger charge is 2.17. The quantitative estimate of drug-likeness (QED) is 0.416. The van der Waals surface area contributed by atoms with Crippen molar-refractivity contribution < 1.29 is 17.9 Å². The lowest BCUT2D eigenvalue weighted by Crippen LogP contribution is -2.22. The zero-order valence-electron chi connectivity index (χ0n) is 17.9. The molecule has 0 unspecified atom stereocenters. The molecule has 0 bridgehead atoms. The molecule has 0 saturated heterocycles. The van der Waals surface area contributed by atoms with Crippen LogP contribution in [0.4, 0.5) is 0 Å². The van der Waals surface area contributed by atoms with Gasteiger partial charge in [-0.1, -0.05) is 30.3 Å². The summed E-state index contributed by atoms with van der Waals surface area (Å²) in [5, 5.41) is 4.55. The van der Waals surface area contributed by atoms with Gasteiger partial charge in [0.1, 0.15) is 6.61 Å². The van der Waals surface area contributed by atoms with Crippen LogP contribution in [0.15, 0.2) is 65.6 Å². The van der Waals surface area contributed by atoms with E-state index in [-0.39, 0.29) is 11.5 Å². The lowest BCUT2D eigenvalue weighted by atomic mass is 10.2. The summed E-state index contributed by atoms with van der Waals surface area (Å²) in [5.41, 5.74) is 4.09. The van der Waals surface area contributed by atoms with Gasteiger partial charge in [-0.25, -0.2) is 22.2 Å². The molecule has 0 N–H and O–H groups in total. The summed E-state index contributed by atoms with van der Waals surface area (Å²) in [7, 11) is -0.607. The molecule has 0 fully saturated rings. The molecule has 0 saturated carbocycles. The minimum absolute atomic E-state index is 0.0266. The smallest absolute Gasteiger partial charge is 0.331 e. The molecule has 1 heterocycles. The van der Waals surface area contributed by atoms with Crippen molar-refractivity contribution in [3.05, 3.63) is 83.2 Å². The standard InChI is InChI=1S/C23H25N3O4S/c1-17-22(18(2)26(24-17)20-10-6-5-7-11-20)13-14-23(27)30-16-19-9-8-12-21(15-19)31(28,29)25(3)4/h5-15H,16H2,1-4H3. The lowest BCUT2D eigenvalue weighted by molar-refractivity contribution is -0.138. The number of benzene rings is 2. The first-order chi connectivity index (χ1) is 14.7. The second-order valence-electron chi connectivity index (χ2n) is 7.21. The van der Waals surface area contributed by atoms with Gasteiger partial charge in [0.05, 0.1) is 16.3 Å². The minimum atomic E-state index is -3.54. The van der Waals surface area contributed by atoms with E-state index in [9.17, 15) is 13.2 Å². The molecule has 2 aromatic carbocycles. The molecule has 0 amide bonds. The average Bonchev–Trinajstić information content (AvgIpc) is 3.05. The fourth-order valence-electron chi connectivity index (χ4n) is 3.08. The van der Waals surface area contributed by atoms with Crippen LogP contribution >= 0.6 is 0 Å². The van der Waals surface area contributed by atoms with Gasteiger partial charge >= 0.3 is 5.97 Å². The third-order valence-electron chi connectivity index (χ3n) is 4.79. The number of sulfonamides is 1.